The fourth-order valence-corrected chi connectivity index (χ4v) is 5.87. The molecule has 0 aliphatic carbocycles. The van der Waals surface area contributed by atoms with Crippen molar-refractivity contribution in [3.8, 4) is 0 Å². The molecule has 0 radical (unpaired) electrons. The summed E-state index contributed by atoms with van der Waals surface area (Å²) in [6.07, 6.45) is 0.740. The smallest absolute Gasteiger partial charge is 0.243 e. The number of nitrogens with zero attached hydrogens (tertiary/aromatic N) is 2. The van der Waals surface area contributed by atoms with Gasteiger partial charge in [-0.3, -0.25) is 4.79 Å². The quantitative estimate of drug-likeness (QED) is 0.470. The molecule has 0 aromatic heterocycles. The van der Waals surface area contributed by atoms with Gasteiger partial charge in [0.05, 0.1) is 11.4 Å². The van der Waals surface area contributed by atoms with Crippen LogP contribution in [0.2, 0.25) is 0 Å². The number of amides is 1. The maximum atomic E-state index is 13.5. The molecule has 1 heterocycles. The Kier molecular flexibility index (Phi) is 6.51. The average Bonchev–Trinajstić information content (AvgIpc) is 3.09. The fraction of sp³-hybridized carbons (Fsp3) is 0.240. The van der Waals surface area contributed by atoms with Crippen LogP contribution in [0.15, 0.2) is 82.2 Å². The van der Waals surface area contributed by atoms with Crippen LogP contribution in [0.4, 0.5) is 5.69 Å². The molecular formula is C25H25BrN2O3S. The molecule has 32 heavy (non-hydrogen) atoms. The molecule has 1 aliphatic rings. The lowest BCUT2D eigenvalue weighted by atomic mass is 10.1. The lowest BCUT2D eigenvalue weighted by molar-refractivity contribution is -0.119. The number of aryl methyl sites for hydroxylation is 1. The summed E-state index contributed by atoms with van der Waals surface area (Å²) in [5.41, 5.74) is 3.73. The van der Waals surface area contributed by atoms with E-state index in [1.165, 1.54) is 4.31 Å². The van der Waals surface area contributed by atoms with E-state index in [1.54, 1.807) is 29.2 Å². The van der Waals surface area contributed by atoms with Crippen LogP contribution in [0.5, 0.6) is 0 Å². The number of carbonyl (C=O) groups excluding carboxylic acids is 1. The summed E-state index contributed by atoms with van der Waals surface area (Å²) in [5.74, 6) is -0.231. The first-order valence-electron chi connectivity index (χ1n) is 10.5. The second kappa shape index (κ2) is 9.17. The van der Waals surface area contributed by atoms with Gasteiger partial charge in [0, 0.05) is 22.7 Å². The molecular weight excluding hydrogens is 488 g/mol. The van der Waals surface area contributed by atoms with Crippen LogP contribution >= 0.6 is 15.9 Å². The molecule has 166 valence electrons. The fourth-order valence-electron chi connectivity index (χ4n) is 4.08. The molecule has 5 nitrogen and oxygen atoms in total. The molecule has 0 saturated carbocycles. The van der Waals surface area contributed by atoms with Gasteiger partial charge < -0.3 is 4.90 Å². The molecule has 7 heteroatoms. The van der Waals surface area contributed by atoms with Gasteiger partial charge in [0.15, 0.2) is 0 Å². The van der Waals surface area contributed by atoms with Crippen molar-refractivity contribution in [1.82, 2.24) is 4.31 Å². The van der Waals surface area contributed by atoms with Crippen molar-refractivity contribution in [2.24, 2.45) is 0 Å². The van der Waals surface area contributed by atoms with Gasteiger partial charge in [-0.2, -0.15) is 4.31 Å². The molecule has 0 saturated heterocycles. The number of benzene rings is 3. The van der Waals surface area contributed by atoms with Crippen LogP contribution in [-0.4, -0.2) is 31.2 Å². The van der Waals surface area contributed by atoms with Crippen molar-refractivity contribution in [3.63, 3.8) is 0 Å². The maximum absolute atomic E-state index is 13.5. The Balaban J connectivity index is 1.66. The van der Waals surface area contributed by atoms with Crippen molar-refractivity contribution >= 4 is 37.5 Å². The van der Waals surface area contributed by atoms with E-state index in [-0.39, 0.29) is 29.9 Å². The summed E-state index contributed by atoms with van der Waals surface area (Å²) in [7, 11) is -3.86. The van der Waals surface area contributed by atoms with Gasteiger partial charge in [-0.15, -0.1) is 0 Å². The Morgan fingerprint density at radius 3 is 2.44 bits per heavy atom. The first-order chi connectivity index (χ1) is 15.3. The summed E-state index contributed by atoms with van der Waals surface area (Å²) in [6, 6.07) is 21.9. The van der Waals surface area contributed by atoms with Gasteiger partial charge in [-0.1, -0.05) is 64.0 Å². The van der Waals surface area contributed by atoms with E-state index >= 15 is 0 Å². The Labute approximate surface area is 197 Å². The predicted molar refractivity (Wildman–Crippen MR) is 130 cm³/mol. The van der Waals surface area contributed by atoms with E-state index < -0.39 is 10.0 Å². The third-order valence-electron chi connectivity index (χ3n) is 5.70. The Hall–Kier alpha value is -2.48. The number of halogens is 1. The molecule has 3 aromatic carbocycles. The first kappa shape index (κ1) is 22.7. The highest BCUT2D eigenvalue weighted by atomic mass is 79.9. The Morgan fingerprint density at radius 1 is 1.06 bits per heavy atom. The van der Waals surface area contributed by atoms with E-state index in [9.17, 15) is 13.2 Å². The van der Waals surface area contributed by atoms with Crippen LogP contribution in [0.1, 0.15) is 23.6 Å². The lowest BCUT2D eigenvalue weighted by Gasteiger charge is -2.27. The number of fused-ring (bicyclic) bond motifs is 1. The summed E-state index contributed by atoms with van der Waals surface area (Å²) >= 11 is 3.49. The van der Waals surface area contributed by atoms with Gasteiger partial charge in [-0.05, 0) is 61.7 Å². The molecule has 0 unspecified atom stereocenters. The number of anilines is 1. The van der Waals surface area contributed by atoms with Crippen LogP contribution in [0.25, 0.3) is 0 Å². The molecule has 3 aromatic rings. The summed E-state index contributed by atoms with van der Waals surface area (Å²) in [6.45, 7) is 3.79. The molecule has 1 aliphatic heterocycles. The molecule has 0 N–H and O–H groups in total. The minimum atomic E-state index is -3.86. The second-order valence-electron chi connectivity index (χ2n) is 8.16. The minimum absolute atomic E-state index is 0.0348. The topological polar surface area (TPSA) is 57.7 Å². The van der Waals surface area contributed by atoms with Crippen molar-refractivity contribution in [2.75, 3.05) is 11.4 Å². The summed E-state index contributed by atoms with van der Waals surface area (Å²) < 4.78 is 29.3. The van der Waals surface area contributed by atoms with E-state index in [0.29, 0.717) is 0 Å². The minimum Gasteiger partial charge on any atom is -0.308 e. The zero-order valence-electron chi connectivity index (χ0n) is 18.0. The van der Waals surface area contributed by atoms with E-state index in [1.807, 2.05) is 62.4 Å². The summed E-state index contributed by atoms with van der Waals surface area (Å²) in [4.78, 5) is 15.4. The molecule has 1 amide bonds. The Morgan fingerprint density at radius 2 is 1.75 bits per heavy atom. The van der Waals surface area contributed by atoms with E-state index in [4.69, 9.17) is 0 Å². The van der Waals surface area contributed by atoms with Crippen LogP contribution in [0.3, 0.4) is 0 Å². The SMILES string of the molecule is Cc1ccc(S(=O)(=O)N(CC(=O)N2c3ccc(Br)cc3C[C@H]2C)Cc2ccccc2)cc1. The number of hydrogen-bond donors (Lipinski definition) is 0. The van der Waals surface area contributed by atoms with Gasteiger partial charge in [0.25, 0.3) is 0 Å². The van der Waals surface area contributed by atoms with Gasteiger partial charge >= 0.3 is 0 Å². The van der Waals surface area contributed by atoms with Gasteiger partial charge in [0.1, 0.15) is 0 Å². The highest BCUT2D eigenvalue weighted by Gasteiger charge is 2.34. The monoisotopic (exact) mass is 512 g/mol. The molecule has 1 atom stereocenters. The van der Waals surface area contributed by atoms with Crippen molar-refractivity contribution in [3.05, 3.63) is 94.0 Å². The number of carbonyl (C=O) groups is 1. The predicted octanol–water partition coefficient (Wildman–Crippen LogP) is 4.93. The second-order valence-corrected chi connectivity index (χ2v) is 11.0. The van der Waals surface area contributed by atoms with Crippen molar-refractivity contribution < 1.29 is 13.2 Å². The molecule has 0 fully saturated rings. The Bertz CT molecular complexity index is 1230. The third-order valence-corrected chi connectivity index (χ3v) is 8.00. The molecule has 0 spiro atoms. The first-order valence-corrected chi connectivity index (χ1v) is 12.7. The maximum Gasteiger partial charge on any atom is 0.243 e. The van der Waals surface area contributed by atoms with Gasteiger partial charge in [-0.25, -0.2) is 8.42 Å². The van der Waals surface area contributed by atoms with E-state index in [0.717, 1.165) is 33.3 Å². The number of rotatable bonds is 6. The summed E-state index contributed by atoms with van der Waals surface area (Å²) in [5, 5.41) is 0. The average molecular weight is 513 g/mol. The zero-order valence-corrected chi connectivity index (χ0v) is 20.4. The van der Waals surface area contributed by atoms with Crippen LogP contribution in [0, 0.1) is 6.92 Å². The highest BCUT2D eigenvalue weighted by molar-refractivity contribution is 9.10. The number of sulfonamides is 1. The standard InChI is InChI=1S/C25H25BrN2O3S/c1-18-8-11-23(12-9-18)32(30,31)27(16-20-6-4-3-5-7-20)17-25(29)28-19(2)14-21-15-22(26)10-13-24(21)28/h3-13,15,19H,14,16-17H2,1-2H3/t19-/m1/s1. The zero-order chi connectivity index (χ0) is 22.9. The third kappa shape index (κ3) is 4.65. The van der Waals surface area contributed by atoms with Gasteiger partial charge in [0.2, 0.25) is 15.9 Å². The van der Waals surface area contributed by atoms with Crippen LogP contribution in [-0.2, 0) is 27.8 Å². The van der Waals surface area contributed by atoms with Crippen molar-refractivity contribution in [1.29, 1.82) is 0 Å². The van der Waals surface area contributed by atoms with Crippen molar-refractivity contribution in [2.45, 2.75) is 37.8 Å². The number of hydrogen-bond acceptors (Lipinski definition) is 3. The lowest BCUT2D eigenvalue weighted by Crippen LogP contribution is -2.44. The highest BCUT2D eigenvalue weighted by Crippen LogP contribution is 2.34. The molecule has 4 rings (SSSR count). The molecule has 0 bridgehead atoms. The van der Waals surface area contributed by atoms with Crippen LogP contribution < -0.4 is 4.90 Å². The van der Waals surface area contributed by atoms with E-state index in [2.05, 4.69) is 15.9 Å². The largest absolute Gasteiger partial charge is 0.308 e. The normalized spacial score (nSPS) is 15.8.